The maximum absolute atomic E-state index is 13.9. The largest absolute Gasteiger partial charge is 0.329 e. The van der Waals surface area contributed by atoms with Crippen molar-refractivity contribution in [3.63, 3.8) is 0 Å². The van der Waals surface area contributed by atoms with Gasteiger partial charge in [-0.25, -0.2) is 4.39 Å². The first-order valence-electron chi connectivity index (χ1n) is 6.68. The Bertz CT molecular complexity index is 417. The van der Waals surface area contributed by atoms with Gasteiger partial charge in [-0.1, -0.05) is 18.2 Å². The van der Waals surface area contributed by atoms with E-state index in [1.165, 1.54) is 18.9 Å². The summed E-state index contributed by atoms with van der Waals surface area (Å²) in [6, 6.07) is 7.05. The normalized spacial score (nSPS) is 20.8. The Labute approximate surface area is 109 Å². The molecular formula is C15H23FN2. The van der Waals surface area contributed by atoms with E-state index in [0.717, 1.165) is 5.56 Å². The van der Waals surface area contributed by atoms with Gasteiger partial charge in [0.2, 0.25) is 0 Å². The molecule has 2 atom stereocenters. The van der Waals surface area contributed by atoms with Crippen molar-refractivity contribution in [2.75, 3.05) is 13.6 Å². The molecule has 1 aromatic rings. The molecule has 1 aliphatic rings. The van der Waals surface area contributed by atoms with Crippen molar-refractivity contribution in [2.24, 2.45) is 11.7 Å². The second kappa shape index (κ2) is 4.98. The molecule has 0 bridgehead atoms. The smallest absolute Gasteiger partial charge is 0.127 e. The number of rotatable bonds is 5. The molecule has 0 spiro atoms. The van der Waals surface area contributed by atoms with Crippen LogP contribution < -0.4 is 5.73 Å². The Morgan fingerprint density at radius 1 is 1.44 bits per heavy atom. The van der Waals surface area contributed by atoms with Crippen molar-refractivity contribution >= 4 is 0 Å². The van der Waals surface area contributed by atoms with E-state index in [0.29, 0.717) is 12.5 Å². The van der Waals surface area contributed by atoms with Gasteiger partial charge in [0.25, 0.3) is 0 Å². The maximum Gasteiger partial charge on any atom is 0.127 e. The Hall–Kier alpha value is -0.930. The van der Waals surface area contributed by atoms with Crippen LogP contribution in [-0.2, 0) is 0 Å². The zero-order valence-corrected chi connectivity index (χ0v) is 11.5. The first-order valence-corrected chi connectivity index (χ1v) is 6.68. The van der Waals surface area contributed by atoms with Gasteiger partial charge in [0.05, 0.1) is 0 Å². The van der Waals surface area contributed by atoms with Crippen molar-refractivity contribution < 1.29 is 4.39 Å². The second-order valence-electron chi connectivity index (χ2n) is 5.64. The maximum atomic E-state index is 13.9. The molecule has 0 saturated heterocycles. The zero-order chi connectivity index (χ0) is 13.3. The van der Waals surface area contributed by atoms with Gasteiger partial charge in [-0.15, -0.1) is 0 Å². The fourth-order valence-electron chi connectivity index (χ4n) is 2.77. The predicted octanol–water partition coefficient (Wildman–Crippen LogP) is 2.95. The molecule has 0 heterocycles. The summed E-state index contributed by atoms with van der Waals surface area (Å²) in [5.74, 6) is 0.522. The second-order valence-corrected chi connectivity index (χ2v) is 5.64. The summed E-state index contributed by atoms with van der Waals surface area (Å²) in [6.45, 7) is 4.86. The Balaban J connectivity index is 2.22. The third kappa shape index (κ3) is 2.29. The van der Waals surface area contributed by atoms with Crippen LogP contribution in [0.1, 0.15) is 38.3 Å². The fourth-order valence-corrected chi connectivity index (χ4v) is 2.77. The molecule has 1 aromatic carbocycles. The van der Waals surface area contributed by atoms with Crippen LogP contribution in [0.5, 0.6) is 0 Å². The van der Waals surface area contributed by atoms with Gasteiger partial charge < -0.3 is 5.73 Å². The number of hydrogen-bond donors (Lipinski definition) is 1. The first kappa shape index (κ1) is 13.5. The van der Waals surface area contributed by atoms with Gasteiger partial charge in [-0.05, 0) is 45.7 Å². The van der Waals surface area contributed by atoms with E-state index >= 15 is 0 Å². The highest BCUT2D eigenvalue weighted by atomic mass is 19.1. The van der Waals surface area contributed by atoms with Gasteiger partial charge in [-0.3, -0.25) is 4.90 Å². The van der Waals surface area contributed by atoms with Crippen molar-refractivity contribution in [3.05, 3.63) is 35.6 Å². The highest BCUT2D eigenvalue weighted by molar-refractivity contribution is 5.21. The lowest BCUT2D eigenvalue weighted by Gasteiger charge is -2.42. The van der Waals surface area contributed by atoms with Crippen LogP contribution in [0.3, 0.4) is 0 Å². The summed E-state index contributed by atoms with van der Waals surface area (Å²) >= 11 is 0. The molecular weight excluding hydrogens is 227 g/mol. The number of halogens is 1. The monoisotopic (exact) mass is 250 g/mol. The molecule has 1 saturated carbocycles. The van der Waals surface area contributed by atoms with Gasteiger partial charge in [-0.2, -0.15) is 0 Å². The standard InChI is InChI=1S/C15H23FN2/c1-11(13-6-4-5-7-14(13)16)18(3)15(2,10-17)12-8-9-12/h4-7,11-12H,8-10,17H2,1-3H3. The Morgan fingerprint density at radius 2 is 2.06 bits per heavy atom. The van der Waals surface area contributed by atoms with E-state index in [1.54, 1.807) is 6.07 Å². The van der Waals surface area contributed by atoms with Crippen LogP contribution in [0.25, 0.3) is 0 Å². The van der Waals surface area contributed by atoms with E-state index in [1.807, 2.05) is 12.1 Å². The number of benzene rings is 1. The van der Waals surface area contributed by atoms with Crippen molar-refractivity contribution in [1.29, 1.82) is 0 Å². The molecule has 3 heteroatoms. The van der Waals surface area contributed by atoms with Crippen molar-refractivity contribution in [1.82, 2.24) is 4.90 Å². The Morgan fingerprint density at radius 3 is 2.56 bits per heavy atom. The minimum atomic E-state index is -0.132. The summed E-state index contributed by atoms with van der Waals surface area (Å²) in [4.78, 5) is 2.24. The minimum absolute atomic E-state index is 0.0261. The molecule has 2 N–H and O–H groups in total. The van der Waals surface area contributed by atoms with Crippen LogP contribution >= 0.6 is 0 Å². The molecule has 0 radical (unpaired) electrons. The lowest BCUT2D eigenvalue weighted by molar-refractivity contribution is 0.0784. The van der Waals surface area contributed by atoms with Crippen LogP contribution in [-0.4, -0.2) is 24.0 Å². The van der Waals surface area contributed by atoms with Crippen LogP contribution in [0.15, 0.2) is 24.3 Å². The SMILES string of the molecule is CC(c1ccccc1F)N(C)C(C)(CN)C1CC1. The highest BCUT2D eigenvalue weighted by Gasteiger charge is 2.45. The number of nitrogens with zero attached hydrogens (tertiary/aromatic N) is 1. The molecule has 0 amide bonds. The molecule has 100 valence electrons. The number of hydrogen-bond acceptors (Lipinski definition) is 2. The van der Waals surface area contributed by atoms with Gasteiger partial charge in [0.1, 0.15) is 5.82 Å². The van der Waals surface area contributed by atoms with E-state index in [-0.39, 0.29) is 17.4 Å². The summed E-state index contributed by atoms with van der Waals surface area (Å²) in [5, 5.41) is 0. The van der Waals surface area contributed by atoms with E-state index in [4.69, 9.17) is 5.73 Å². The zero-order valence-electron chi connectivity index (χ0n) is 11.5. The molecule has 2 nitrogen and oxygen atoms in total. The average Bonchev–Trinajstić information content (AvgIpc) is 3.21. The average molecular weight is 250 g/mol. The van der Waals surface area contributed by atoms with Crippen LogP contribution in [0.4, 0.5) is 4.39 Å². The van der Waals surface area contributed by atoms with Crippen molar-refractivity contribution in [3.8, 4) is 0 Å². The molecule has 2 rings (SSSR count). The molecule has 2 unspecified atom stereocenters. The minimum Gasteiger partial charge on any atom is -0.329 e. The third-order valence-corrected chi connectivity index (χ3v) is 4.61. The quantitative estimate of drug-likeness (QED) is 0.870. The topological polar surface area (TPSA) is 29.3 Å². The van der Waals surface area contributed by atoms with Crippen LogP contribution in [0, 0.1) is 11.7 Å². The lowest BCUT2D eigenvalue weighted by Crippen LogP contribution is -2.52. The number of nitrogens with two attached hydrogens (primary N) is 1. The first-order chi connectivity index (χ1) is 8.50. The van der Waals surface area contributed by atoms with Crippen molar-refractivity contribution in [2.45, 2.75) is 38.3 Å². The van der Waals surface area contributed by atoms with Gasteiger partial charge >= 0.3 is 0 Å². The Kier molecular flexibility index (Phi) is 3.74. The molecule has 0 aromatic heterocycles. The van der Waals surface area contributed by atoms with E-state index < -0.39 is 0 Å². The summed E-state index contributed by atoms with van der Waals surface area (Å²) in [5.41, 5.74) is 6.69. The predicted molar refractivity (Wildman–Crippen MR) is 72.8 cm³/mol. The van der Waals surface area contributed by atoms with Gasteiger partial charge in [0.15, 0.2) is 0 Å². The summed E-state index contributed by atoms with van der Waals surface area (Å²) in [7, 11) is 2.06. The summed E-state index contributed by atoms with van der Waals surface area (Å²) in [6.07, 6.45) is 2.48. The molecule has 1 aliphatic carbocycles. The third-order valence-electron chi connectivity index (χ3n) is 4.61. The molecule has 18 heavy (non-hydrogen) atoms. The lowest BCUT2D eigenvalue weighted by atomic mass is 9.91. The summed E-state index contributed by atoms with van der Waals surface area (Å²) < 4.78 is 13.9. The van der Waals surface area contributed by atoms with E-state index in [9.17, 15) is 4.39 Å². The molecule has 1 fully saturated rings. The molecule has 0 aliphatic heterocycles. The van der Waals surface area contributed by atoms with Crippen LogP contribution in [0.2, 0.25) is 0 Å². The fraction of sp³-hybridized carbons (Fsp3) is 0.600. The van der Waals surface area contributed by atoms with Gasteiger partial charge in [0, 0.05) is 23.7 Å². The number of likely N-dealkylation sites (N-methyl/N-ethyl adjacent to an activating group) is 1. The van der Waals surface area contributed by atoms with E-state index in [2.05, 4.69) is 25.8 Å². The highest BCUT2D eigenvalue weighted by Crippen LogP contribution is 2.44.